The number of aliphatic hydroxyl groups excluding tert-OH is 3. The van der Waals surface area contributed by atoms with Gasteiger partial charge in [0, 0.05) is 6.54 Å². The molecule has 0 spiro atoms. The summed E-state index contributed by atoms with van der Waals surface area (Å²) in [6.45, 7) is 0.131. The van der Waals surface area contributed by atoms with Crippen molar-refractivity contribution < 1.29 is 29.9 Å². The number of aliphatic hydroxyl groups is 3. The first-order valence-electron chi connectivity index (χ1n) is 9.43. The van der Waals surface area contributed by atoms with Gasteiger partial charge < -0.3 is 35.2 Å². The van der Waals surface area contributed by atoms with Gasteiger partial charge in [-0.05, 0) is 24.1 Å². The molecular weight excluding hydrogens is 394 g/mol. The molecule has 0 saturated carbocycles. The summed E-state index contributed by atoms with van der Waals surface area (Å²) < 4.78 is 12.2. The van der Waals surface area contributed by atoms with Crippen molar-refractivity contribution in [3.63, 3.8) is 0 Å². The summed E-state index contributed by atoms with van der Waals surface area (Å²) in [5, 5.41) is 42.4. The second kappa shape index (κ2) is 8.40. The average Bonchev–Trinajstić information content (AvgIpc) is 3.31. The van der Waals surface area contributed by atoms with Gasteiger partial charge in [0.05, 0.1) is 20.0 Å². The predicted molar refractivity (Wildman–Crippen MR) is 105 cm³/mol. The molecule has 11 heteroatoms. The summed E-state index contributed by atoms with van der Waals surface area (Å²) in [4.78, 5) is 12.8. The summed E-state index contributed by atoms with van der Waals surface area (Å²) in [7, 11) is 1.50. The molecule has 30 heavy (non-hydrogen) atoms. The predicted octanol–water partition coefficient (Wildman–Crippen LogP) is -0.193. The number of aromatic nitrogens is 4. The molecule has 4 rings (SSSR count). The number of imidazole rings is 1. The maximum atomic E-state index is 10.3. The average molecular weight is 417 g/mol. The lowest BCUT2D eigenvalue weighted by atomic mass is 10.1. The monoisotopic (exact) mass is 417 g/mol. The van der Waals surface area contributed by atoms with Crippen molar-refractivity contribution in [3.8, 4) is 11.5 Å². The van der Waals surface area contributed by atoms with Crippen molar-refractivity contribution in [2.24, 2.45) is 0 Å². The summed E-state index contributed by atoms with van der Waals surface area (Å²) in [5.41, 5.74) is 1.88. The lowest BCUT2D eigenvalue weighted by Gasteiger charge is -2.16. The first-order chi connectivity index (χ1) is 14.5. The zero-order chi connectivity index (χ0) is 21.3. The Morgan fingerprint density at radius 3 is 2.77 bits per heavy atom. The number of rotatable bonds is 7. The van der Waals surface area contributed by atoms with Gasteiger partial charge in [-0.2, -0.15) is 0 Å². The van der Waals surface area contributed by atoms with Gasteiger partial charge in [0.15, 0.2) is 34.7 Å². The molecule has 3 aromatic rings. The van der Waals surface area contributed by atoms with E-state index in [0.29, 0.717) is 35.7 Å². The van der Waals surface area contributed by atoms with E-state index in [-0.39, 0.29) is 5.75 Å². The van der Waals surface area contributed by atoms with Crippen LogP contribution in [0.3, 0.4) is 0 Å². The third-order valence-corrected chi connectivity index (χ3v) is 5.10. The second-order valence-corrected chi connectivity index (χ2v) is 6.96. The van der Waals surface area contributed by atoms with Gasteiger partial charge in [0.25, 0.3) is 0 Å². The van der Waals surface area contributed by atoms with Crippen molar-refractivity contribution in [1.82, 2.24) is 19.5 Å². The van der Waals surface area contributed by atoms with Crippen LogP contribution in [0.5, 0.6) is 11.5 Å². The van der Waals surface area contributed by atoms with E-state index in [1.807, 2.05) is 6.07 Å². The summed E-state index contributed by atoms with van der Waals surface area (Å²) >= 11 is 0. The van der Waals surface area contributed by atoms with Crippen LogP contribution in [0.15, 0.2) is 30.9 Å². The van der Waals surface area contributed by atoms with Crippen LogP contribution in [-0.4, -0.2) is 78.5 Å². The number of methoxy groups -OCH3 is 1. The first kappa shape index (κ1) is 20.3. The van der Waals surface area contributed by atoms with Crippen molar-refractivity contribution in [2.45, 2.75) is 31.0 Å². The number of anilines is 1. The van der Waals surface area contributed by atoms with E-state index in [1.54, 1.807) is 12.1 Å². The van der Waals surface area contributed by atoms with E-state index in [1.165, 1.54) is 24.3 Å². The Morgan fingerprint density at radius 2 is 2.03 bits per heavy atom. The van der Waals surface area contributed by atoms with Gasteiger partial charge in [-0.1, -0.05) is 6.07 Å². The molecule has 1 aliphatic heterocycles. The highest BCUT2D eigenvalue weighted by atomic mass is 16.6. The van der Waals surface area contributed by atoms with Crippen molar-refractivity contribution in [3.05, 3.63) is 36.4 Å². The van der Waals surface area contributed by atoms with E-state index in [9.17, 15) is 20.4 Å². The minimum Gasteiger partial charge on any atom is -0.504 e. The number of hydrogen-bond donors (Lipinski definition) is 5. The van der Waals surface area contributed by atoms with Gasteiger partial charge in [-0.15, -0.1) is 0 Å². The number of nitrogens with one attached hydrogen (secondary N) is 1. The normalized spacial score (nSPS) is 23.7. The number of fused-ring (bicyclic) bond motifs is 1. The topological polar surface area (TPSA) is 155 Å². The van der Waals surface area contributed by atoms with Crippen LogP contribution in [0, 0.1) is 0 Å². The Balaban J connectivity index is 1.50. The molecule has 0 radical (unpaired) electrons. The molecule has 1 fully saturated rings. The number of nitrogens with zero attached hydrogens (tertiary/aromatic N) is 4. The van der Waals surface area contributed by atoms with Gasteiger partial charge >= 0.3 is 0 Å². The fourth-order valence-electron chi connectivity index (χ4n) is 3.48. The van der Waals surface area contributed by atoms with Crippen molar-refractivity contribution in [1.29, 1.82) is 0 Å². The highest BCUT2D eigenvalue weighted by Crippen LogP contribution is 2.32. The second-order valence-electron chi connectivity index (χ2n) is 6.96. The van der Waals surface area contributed by atoms with Crippen LogP contribution in [0.25, 0.3) is 11.2 Å². The number of hydrogen-bond acceptors (Lipinski definition) is 10. The van der Waals surface area contributed by atoms with Gasteiger partial charge in [-0.25, -0.2) is 15.0 Å². The van der Waals surface area contributed by atoms with Crippen LogP contribution in [0.1, 0.15) is 11.8 Å². The van der Waals surface area contributed by atoms with Crippen LogP contribution in [0.2, 0.25) is 0 Å². The maximum Gasteiger partial charge on any atom is 0.167 e. The third-order valence-electron chi connectivity index (χ3n) is 5.10. The highest BCUT2D eigenvalue weighted by molar-refractivity contribution is 5.82. The Hall–Kier alpha value is -2.99. The van der Waals surface area contributed by atoms with Gasteiger partial charge in [0.2, 0.25) is 0 Å². The SMILES string of the molecule is COc1cc(CCNc2ncnc3c2ncn3C2O[C@H](CO)[C@@H](O)[C@H]2O)ccc1O. The number of aromatic hydroxyl groups is 1. The number of phenols is 1. The maximum absolute atomic E-state index is 10.3. The van der Waals surface area contributed by atoms with E-state index in [2.05, 4.69) is 20.3 Å². The van der Waals surface area contributed by atoms with Gasteiger partial charge in [0.1, 0.15) is 24.6 Å². The van der Waals surface area contributed by atoms with E-state index in [4.69, 9.17) is 9.47 Å². The molecule has 2 aromatic heterocycles. The van der Waals surface area contributed by atoms with Crippen LogP contribution in [-0.2, 0) is 11.2 Å². The molecule has 4 atom stereocenters. The molecule has 5 N–H and O–H groups in total. The van der Waals surface area contributed by atoms with Crippen LogP contribution in [0.4, 0.5) is 5.82 Å². The largest absolute Gasteiger partial charge is 0.504 e. The van der Waals surface area contributed by atoms with Crippen molar-refractivity contribution in [2.75, 3.05) is 25.6 Å². The van der Waals surface area contributed by atoms with E-state index in [0.717, 1.165) is 5.56 Å². The minimum atomic E-state index is -1.23. The molecule has 1 unspecified atom stereocenters. The zero-order valence-electron chi connectivity index (χ0n) is 16.2. The molecule has 1 aliphatic rings. The molecule has 160 valence electrons. The lowest BCUT2D eigenvalue weighted by molar-refractivity contribution is -0.0511. The molecule has 1 saturated heterocycles. The molecule has 0 bridgehead atoms. The zero-order valence-corrected chi connectivity index (χ0v) is 16.2. The Bertz CT molecular complexity index is 1030. The molecule has 0 aliphatic carbocycles. The van der Waals surface area contributed by atoms with E-state index >= 15 is 0 Å². The lowest BCUT2D eigenvalue weighted by Crippen LogP contribution is -2.33. The Morgan fingerprint density at radius 1 is 1.20 bits per heavy atom. The number of ether oxygens (including phenoxy) is 2. The molecule has 11 nitrogen and oxygen atoms in total. The first-order valence-corrected chi connectivity index (χ1v) is 9.43. The third kappa shape index (κ3) is 3.63. The molecule has 3 heterocycles. The summed E-state index contributed by atoms with van der Waals surface area (Å²) in [6, 6.07) is 5.16. The molecule has 1 aromatic carbocycles. The Labute approximate surface area is 171 Å². The quantitative estimate of drug-likeness (QED) is 0.349. The summed E-state index contributed by atoms with van der Waals surface area (Å²) in [5.74, 6) is 1.01. The van der Waals surface area contributed by atoms with Gasteiger partial charge in [-0.3, -0.25) is 4.57 Å². The van der Waals surface area contributed by atoms with Crippen LogP contribution < -0.4 is 10.1 Å². The number of benzene rings is 1. The fraction of sp³-hybridized carbons (Fsp3) is 0.421. The number of phenolic OH excluding ortho intramolecular Hbond substituents is 1. The van der Waals surface area contributed by atoms with E-state index < -0.39 is 31.1 Å². The minimum absolute atomic E-state index is 0.0853. The molecular formula is C19H23N5O6. The van der Waals surface area contributed by atoms with Crippen LogP contribution >= 0.6 is 0 Å². The molecule has 0 amide bonds. The standard InChI is InChI=1S/C19H23N5O6/c1-29-12-6-10(2-3-11(12)26)4-5-20-17-14-18(22-8-21-17)24(9-23-14)19-16(28)15(27)13(7-25)30-19/h2-3,6,8-9,13,15-16,19,25-28H,4-5,7H2,1H3,(H,20,21,22)/t13-,15-,16-,19?/m1/s1. The summed E-state index contributed by atoms with van der Waals surface area (Å²) in [6.07, 6.45) is -0.769. The Kier molecular flexibility index (Phi) is 5.68. The highest BCUT2D eigenvalue weighted by Gasteiger charge is 2.44. The van der Waals surface area contributed by atoms with Crippen molar-refractivity contribution >= 4 is 17.0 Å². The fourth-order valence-corrected chi connectivity index (χ4v) is 3.48. The smallest absolute Gasteiger partial charge is 0.167 e.